The second-order valence-corrected chi connectivity index (χ2v) is 8.94. The van der Waals surface area contributed by atoms with E-state index < -0.39 is 0 Å². The van der Waals surface area contributed by atoms with Crippen molar-refractivity contribution in [3.8, 4) is 0 Å². The molecule has 2 fully saturated rings. The third-order valence-corrected chi connectivity index (χ3v) is 6.33. The maximum Gasteiger partial charge on any atom is 0.191 e. The van der Waals surface area contributed by atoms with Gasteiger partial charge < -0.3 is 15.4 Å². The Morgan fingerprint density at radius 2 is 2.14 bits per heavy atom. The Balaban J connectivity index is 1.93. The van der Waals surface area contributed by atoms with E-state index in [4.69, 9.17) is 4.74 Å². The fourth-order valence-corrected chi connectivity index (χ4v) is 3.74. The van der Waals surface area contributed by atoms with Crippen LogP contribution < -0.4 is 10.6 Å². The molecular weight excluding hydrogens is 282 g/mol. The molecule has 3 unspecified atom stereocenters. The summed E-state index contributed by atoms with van der Waals surface area (Å²) in [6.45, 7) is 10.9. The van der Waals surface area contributed by atoms with Crippen LogP contribution in [0.5, 0.6) is 0 Å². The summed E-state index contributed by atoms with van der Waals surface area (Å²) in [5.74, 6) is 1.54. The fourth-order valence-electron chi connectivity index (χ4n) is 3.53. The van der Waals surface area contributed by atoms with Crippen molar-refractivity contribution in [1.82, 2.24) is 10.6 Å². The minimum absolute atomic E-state index is 0.178. The van der Waals surface area contributed by atoms with E-state index in [9.17, 15) is 0 Å². The molecule has 4 nitrogen and oxygen atoms in total. The highest BCUT2D eigenvalue weighted by atomic mass is 32.2. The molecule has 1 heterocycles. The Bertz CT molecular complexity index is 395. The van der Waals surface area contributed by atoms with Gasteiger partial charge in [-0.1, -0.05) is 13.8 Å². The van der Waals surface area contributed by atoms with Gasteiger partial charge in [0.25, 0.3) is 0 Å². The molecule has 1 saturated heterocycles. The average Bonchev–Trinajstić information content (AvgIpc) is 2.47. The Labute approximate surface area is 133 Å². The van der Waals surface area contributed by atoms with E-state index in [2.05, 4.69) is 49.6 Å². The lowest BCUT2D eigenvalue weighted by molar-refractivity contribution is -0.188. The van der Waals surface area contributed by atoms with Crippen molar-refractivity contribution in [2.24, 2.45) is 16.3 Å². The first-order valence-corrected chi connectivity index (χ1v) is 9.18. The summed E-state index contributed by atoms with van der Waals surface area (Å²) >= 11 is 1.87. The number of hydrogen-bond donors (Lipinski definition) is 2. The van der Waals surface area contributed by atoms with Crippen molar-refractivity contribution in [1.29, 1.82) is 0 Å². The Morgan fingerprint density at radius 3 is 2.76 bits per heavy atom. The van der Waals surface area contributed by atoms with Gasteiger partial charge in [0.15, 0.2) is 5.96 Å². The average molecular weight is 314 g/mol. The molecule has 1 aliphatic heterocycles. The molecule has 0 radical (unpaired) electrons. The van der Waals surface area contributed by atoms with Crippen LogP contribution >= 0.6 is 11.8 Å². The van der Waals surface area contributed by atoms with Crippen LogP contribution in [0.3, 0.4) is 0 Å². The number of hydrogen-bond acceptors (Lipinski definition) is 3. The van der Waals surface area contributed by atoms with Crippen LogP contribution in [0.2, 0.25) is 0 Å². The summed E-state index contributed by atoms with van der Waals surface area (Å²) in [6, 6.07) is 0.450. The highest BCUT2D eigenvalue weighted by molar-refractivity contribution is 7.99. The summed E-state index contributed by atoms with van der Waals surface area (Å²) in [6.07, 6.45) is 5.00. The zero-order valence-electron chi connectivity index (χ0n) is 14.3. The molecule has 5 heteroatoms. The van der Waals surface area contributed by atoms with Crippen molar-refractivity contribution >= 4 is 17.7 Å². The van der Waals surface area contributed by atoms with Gasteiger partial charge in [-0.15, -0.1) is 0 Å². The van der Waals surface area contributed by atoms with Crippen molar-refractivity contribution in [2.75, 3.05) is 26.5 Å². The zero-order chi connectivity index (χ0) is 15.7. The summed E-state index contributed by atoms with van der Waals surface area (Å²) in [5.41, 5.74) is 0.178. The topological polar surface area (TPSA) is 45.7 Å². The monoisotopic (exact) mass is 313 g/mol. The largest absolute Gasteiger partial charge is 0.377 e. The number of thioether (sulfide) groups is 1. The molecule has 0 aromatic heterocycles. The maximum atomic E-state index is 5.97. The second-order valence-electron chi connectivity index (χ2n) is 7.43. The molecule has 3 atom stereocenters. The number of nitrogens with zero attached hydrogens (tertiary/aromatic N) is 1. The summed E-state index contributed by atoms with van der Waals surface area (Å²) in [4.78, 5) is 4.39. The third-order valence-electron chi connectivity index (χ3n) is 5.08. The predicted molar refractivity (Wildman–Crippen MR) is 92.1 cm³/mol. The molecule has 1 aliphatic carbocycles. The Morgan fingerprint density at radius 1 is 1.43 bits per heavy atom. The number of nitrogens with one attached hydrogen (secondary N) is 2. The quantitative estimate of drug-likeness (QED) is 0.618. The second kappa shape index (κ2) is 6.37. The molecule has 21 heavy (non-hydrogen) atoms. The van der Waals surface area contributed by atoms with E-state index in [1.54, 1.807) is 0 Å². The highest BCUT2D eigenvalue weighted by Crippen LogP contribution is 2.51. The van der Waals surface area contributed by atoms with Crippen molar-refractivity contribution in [3.63, 3.8) is 0 Å². The number of ether oxygens (including phenoxy) is 1. The van der Waals surface area contributed by atoms with Gasteiger partial charge >= 0.3 is 0 Å². The van der Waals surface area contributed by atoms with Crippen molar-refractivity contribution in [2.45, 2.75) is 57.4 Å². The lowest BCUT2D eigenvalue weighted by Crippen LogP contribution is -2.71. The lowest BCUT2D eigenvalue weighted by Gasteiger charge is -2.60. The molecule has 0 spiro atoms. The van der Waals surface area contributed by atoms with Gasteiger partial charge in [-0.05, 0) is 32.9 Å². The van der Waals surface area contributed by atoms with Gasteiger partial charge in [-0.2, -0.15) is 11.8 Å². The molecule has 1 saturated carbocycles. The van der Waals surface area contributed by atoms with Gasteiger partial charge in [-0.25, -0.2) is 0 Å². The van der Waals surface area contributed by atoms with Crippen LogP contribution in [0.15, 0.2) is 4.99 Å². The molecule has 0 bridgehead atoms. The molecule has 0 aromatic carbocycles. The minimum atomic E-state index is 0.178. The first-order valence-electron chi connectivity index (χ1n) is 7.96. The molecule has 0 aromatic rings. The van der Waals surface area contributed by atoms with E-state index in [0.29, 0.717) is 18.1 Å². The number of rotatable bonds is 4. The van der Waals surface area contributed by atoms with Crippen LogP contribution in [0.1, 0.15) is 40.5 Å². The molecular formula is C16H31N3OS. The van der Waals surface area contributed by atoms with Gasteiger partial charge in [-0.3, -0.25) is 4.99 Å². The Hall–Kier alpha value is -0.420. The molecule has 0 amide bonds. The van der Waals surface area contributed by atoms with Gasteiger partial charge in [0, 0.05) is 42.3 Å². The van der Waals surface area contributed by atoms with E-state index >= 15 is 0 Å². The van der Waals surface area contributed by atoms with Crippen LogP contribution in [0.25, 0.3) is 0 Å². The molecule has 2 N–H and O–H groups in total. The standard InChI is InChI=1S/C16H31N3OS/c1-15(2,21-6)10-18-14(17-5)19-12-11-8-7-9-20-13(11)16(12,3)4/h11-13H,7-10H2,1-6H3,(H2,17,18,19). The first-order chi connectivity index (χ1) is 9.81. The third kappa shape index (κ3) is 3.50. The highest BCUT2D eigenvalue weighted by Gasteiger charge is 2.58. The smallest absolute Gasteiger partial charge is 0.191 e. The van der Waals surface area contributed by atoms with Crippen molar-refractivity contribution in [3.05, 3.63) is 0 Å². The first kappa shape index (κ1) is 16.9. The summed E-state index contributed by atoms with van der Waals surface area (Å²) in [5, 5.41) is 7.11. The predicted octanol–water partition coefficient (Wildman–Crippen LogP) is 2.50. The van der Waals surface area contributed by atoms with E-state index in [1.807, 2.05) is 18.8 Å². The Kier molecular flexibility index (Phi) is 5.14. The van der Waals surface area contributed by atoms with Gasteiger partial charge in [0.1, 0.15) is 0 Å². The lowest BCUT2D eigenvalue weighted by atomic mass is 9.55. The number of guanidine groups is 1. The van der Waals surface area contributed by atoms with Crippen LogP contribution in [0, 0.1) is 11.3 Å². The van der Waals surface area contributed by atoms with Crippen LogP contribution in [0.4, 0.5) is 0 Å². The molecule has 2 rings (SSSR count). The minimum Gasteiger partial charge on any atom is -0.377 e. The summed E-state index contributed by atoms with van der Waals surface area (Å²) < 4.78 is 6.18. The SMILES string of the molecule is CN=C(NCC(C)(C)SC)NC1C2CCCOC2C1(C)C. The van der Waals surface area contributed by atoms with Crippen LogP contribution in [-0.2, 0) is 4.74 Å². The number of fused-ring (bicyclic) bond motifs is 1. The van der Waals surface area contributed by atoms with Gasteiger partial charge in [0.05, 0.1) is 6.10 Å². The van der Waals surface area contributed by atoms with Gasteiger partial charge in [0.2, 0.25) is 0 Å². The van der Waals surface area contributed by atoms with Crippen LogP contribution in [-0.4, -0.2) is 49.3 Å². The zero-order valence-corrected chi connectivity index (χ0v) is 15.1. The summed E-state index contributed by atoms with van der Waals surface area (Å²) in [7, 11) is 1.85. The maximum absolute atomic E-state index is 5.97. The molecule has 122 valence electrons. The van der Waals surface area contributed by atoms with E-state index in [-0.39, 0.29) is 10.2 Å². The molecule has 2 aliphatic rings. The normalized spacial score (nSPS) is 32.1. The fraction of sp³-hybridized carbons (Fsp3) is 0.938. The van der Waals surface area contributed by atoms with E-state index in [1.165, 1.54) is 12.8 Å². The van der Waals surface area contributed by atoms with E-state index in [0.717, 1.165) is 19.1 Å². The van der Waals surface area contributed by atoms with Crippen molar-refractivity contribution < 1.29 is 4.74 Å². The number of aliphatic imine (C=N–C) groups is 1.